The van der Waals surface area contributed by atoms with E-state index in [0.29, 0.717) is 12.3 Å². The minimum absolute atomic E-state index is 0.130. The van der Waals surface area contributed by atoms with Crippen LogP contribution in [0.4, 0.5) is 10.1 Å². The maximum absolute atomic E-state index is 13.4. The van der Waals surface area contributed by atoms with Gasteiger partial charge in [0.05, 0.1) is 0 Å². The van der Waals surface area contributed by atoms with Crippen molar-refractivity contribution in [1.82, 2.24) is 0 Å². The molecule has 0 radical (unpaired) electrons. The number of ether oxygens (including phenoxy) is 1. The molecule has 1 aromatic carbocycles. The minimum atomic E-state index is -3.70. The van der Waals surface area contributed by atoms with Crippen LogP contribution in [-0.4, -0.2) is 19.7 Å². The van der Waals surface area contributed by atoms with Gasteiger partial charge in [0.15, 0.2) is 5.82 Å². The van der Waals surface area contributed by atoms with E-state index in [2.05, 4.69) is 4.72 Å². The number of hydrogen-bond donors (Lipinski definition) is 1. The molecule has 1 unspecified atom stereocenters. The maximum atomic E-state index is 13.4. The molecule has 1 aliphatic rings. The van der Waals surface area contributed by atoms with E-state index < -0.39 is 21.3 Å². The molecule has 1 N–H and O–H groups in total. The molecule has 1 heterocycles. The van der Waals surface area contributed by atoms with Crippen molar-refractivity contribution in [1.29, 1.82) is 0 Å². The van der Waals surface area contributed by atoms with E-state index in [4.69, 9.17) is 16.3 Å². The van der Waals surface area contributed by atoms with Gasteiger partial charge in [0.25, 0.3) is 10.0 Å². The predicted octanol–water partition coefficient (Wildman–Crippen LogP) is 2.30. The molecule has 0 saturated carbocycles. The average molecular weight is 280 g/mol. The zero-order valence-electron chi connectivity index (χ0n) is 8.82. The van der Waals surface area contributed by atoms with Gasteiger partial charge in [-0.05, 0) is 18.6 Å². The molecular weight excluding hydrogens is 269 g/mol. The molecule has 0 fully saturated rings. The molecule has 94 valence electrons. The fraction of sp³-hybridized carbons (Fsp3) is 0.400. The lowest BCUT2D eigenvalue weighted by atomic mass is 10.3. The highest BCUT2D eigenvalue weighted by atomic mass is 35.5. The van der Waals surface area contributed by atoms with Crippen LogP contribution in [0.3, 0.4) is 0 Å². The highest BCUT2D eigenvalue weighted by Gasteiger charge is 2.34. The lowest BCUT2D eigenvalue weighted by Gasteiger charge is -2.27. The zero-order chi connectivity index (χ0) is 12.5. The Morgan fingerprint density at radius 1 is 1.47 bits per heavy atom. The van der Waals surface area contributed by atoms with E-state index in [1.165, 1.54) is 18.2 Å². The van der Waals surface area contributed by atoms with Gasteiger partial charge in [0.1, 0.15) is 11.4 Å². The number of rotatable bonds is 3. The van der Waals surface area contributed by atoms with Crippen LogP contribution in [0.25, 0.3) is 0 Å². The molecule has 0 amide bonds. The molecule has 17 heavy (non-hydrogen) atoms. The second kappa shape index (κ2) is 4.70. The standard InChI is InChI=1S/C10H11ClFNO3S/c11-6-2-5-9-16-8-4-1-3-7(12)10(8)13-17(9,14)15/h1,3-4,9,13H,2,5-6H2. The molecule has 0 aliphatic carbocycles. The lowest BCUT2D eigenvalue weighted by Crippen LogP contribution is -2.37. The van der Waals surface area contributed by atoms with Crippen LogP contribution < -0.4 is 9.46 Å². The fourth-order valence-corrected chi connectivity index (χ4v) is 3.05. The number of para-hydroxylation sites is 1. The Kier molecular flexibility index (Phi) is 3.44. The molecule has 0 saturated heterocycles. The molecule has 1 atom stereocenters. The smallest absolute Gasteiger partial charge is 0.271 e. The fourth-order valence-electron chi connectivity index (χ4n) is 1.57. The summed E-state index contributed by atoms with van der Waals surface area (Å²) in [7, 11) is -3.70. The van der Waals surface area contributed by atoms with Crippen molar-refractivity contribution in [2.75, 3.05) is 10.6 Å². The molecule has 1 aromatic rings. The summed E-state index contributed by atoms with van der Waals surface area (Å²) in [5.41, 5.74) is -1.15. The van der Waals surface area contributed by atoms with Crippen molar-refractivity contribution in [2.45, 2.75) is 18.3 Å². The van der Waals surface area contributed by atoms with E-state index >= 15 is 0 Å². The van der Waals surface area contributed by atoms with Gasteiger partial charge in [0, 0.05) is 12.3 Å². The van der Waals surface area contributed by atoms with Gasteiger partial charge in [-0.15, -0.1) is 11.6 Å². The molecule has 0 bridgehead atoms. The normalized spacial score (nSPS) is 21.2. The first-order chi connectivity index (χ1) is 8.04. The highest BCUT2D eigenvalue weighted by molar-refractivity contribution is 7.93. The summed E-state index contributed by atoms with van der Waals surface area (Å²) in [6, 6.07) is 4.16. The Hall–Kier alpha value is -1.01. The molecule has 4 nitrogen and oxygen atoms in total. The summed E-state index contributed by atoms with van der Waals surface area (Å²) >= 11 is 5.51. The number of nitrogens with one attached hydrogen (secondary N) is 1. The predicted molar refractivity (Wildman–Crippen MR) is 63.3 cm³/mol. The van der Waals surface area contributed by atoms with Gasteiger partial charge in [-0.25, -0.2) is 12.8 Å². The molecule has 0 aromatic heterocycles. The monoisotopic (exact) mass is 279 g/mol. The van der Waals surface area contributed by atoms with Crippen LogP contribution in [-0.2, 0) is 10.0 Å². The van der Waals surface area contributed by atoms with Crippen molar-refractivity contribution in [2.24, 2.45) is 0 Å². The van der Waals surface area contributed by atoms with Crippen molar-refractivity contribution < 1.29 is 17.5 Å². The lowest BCUT2D eigenvalue weighted by molar-refractivity contribution is 0.258. The summed E-state index contributed by atoms with van der Waals surface area (Å²) in [5.74, 6) is -0.0907. The Morgan fingerprint density at radius 3 is 2.94 bits per heavy atom. The number of halogens is 2. The van der Waals surface area contributed by atoms with E-state index in [1.807, 2.05) is 0 Å². The van der Waals surface area contributed by atoms with Crippen LogP contribution in [0.5, 0.6) is 5.75 Å². The number of fused-ring (bicyclic) bond motifs is 1. The number of sulfonamides is 1. The van der Waals surface area contributed by atoms with Crippen molar-refractivity contribution in [3.8, 4) is 5.75 Å². The first-order valence-corrected chi connectivity index (χ1v) is 7.15. The van der Waals surface area contributed by atoms with E-state index in [1.54, 1.807) is 0 Å². The molecule has 1 aliphatic heterocycles. The first-order valence-electron chi connectivity index (χ1n) is 5.07. The first kappa shape index (κ1) is 12.4. The van der Waals surface area contributed by atoms with Gasteiger partial charge < -0.3 is 4.74 Å². The number of hydrogen-bond acceptors (Lipinski definition) is 3. The Balaban J connectivity index is 2.32. The van der Waals surface area contributed by atoms with Crippen LogP contribution in [0.2, 0.25) is 0 Å². The van der Waals surface area contributed by atoms with Gasteiger partial charge in [-0.2, -0.15) is 0 Å². The highest BCUT2D eigenvalue weighted by Crippen LogP contribution is 2.35. The van der Waals surface area contributed by atoms with Crippen molar-refractivity contribution >= 4 is 27.3 Å². The van der Waals surface area contributed by atoms with E-state index in [-0.39, 0.29) is 17.9 Å². The van der Waals surface area contributed by atoms with Crippen LogP contribution >= 0.6 is 11.6 Å². The van der Waals surface area contributed by atoms with Gasteiger partial charge in [0.2, 0.25) is 5.44 Å². The molecule has 2 rings (SSSR count). The summed E-state index contributed by atoms with van der Waals surface area (Å²) in [4.78, 5) is 0. The minimum Gasteiger partial charge on any atom is -0.470 e. The Labute approximate surface area is 104 Å². The van der Waals surface area contributed by atoms with E-state index in [9.17, 15) is 12.8 Å². The Morgan fingerprint density at radius 2 is 2.24 bits per heavy atom. The second-order valence-corrected chi connectivity index (χ2v) is 5.84. The third-order valence-electron chi connectivity index (χ3n) is 2.40. The molecule has 7 heteroatoms. The summed E-state index contributed by atoms with van der Waals surface area (Å²) in [6.45, 7) is 0. The quantitative estimate of drug-likeness (QED) is 0.864. The molecular formula is C10H11ClFNO3S. The number of anilines is 1. The summed E-state index contributed by atoms with van der Waals surface area (Å²) in [6.07, 6.45) is 0.784. The van der Waals surface area contributed by atoms with Crippen LogP contribution in [0.1, 0.15) is 12.8 Å². The van der Waals surface area contributed by atoms with Gasteiger partial charge in [-0.3, -0.25) is 4.72 Å². The van der Waals surface area contributed by atoms with Crippen molar-refractivity contribution in [3.05, 3.63) is 24.0 Å². The third kappa shape index (κ3) is 2.47. The zero-order valence-corrected chi connectivity index (χ0v) is 10.4. The second-order valence-electron chi connectivity index (χ2n) is 3.64. The number of alkyl halides is 1. The van der Waals surface area contributed by atoms with Crippen molar-refractivity contribution in [3.63, 3.8) is 0 Å². The topological polar surface area (TPSA) is 55.4 Å². The van der Waals surface area contributed by atoms with Gasteiger partial charge in [-0.1, -0.05) is 6.07 Å². The number of benzene rings is 1. The third-order valence-corrected chi connectivity index (χ3v) is 4.18. The summed E-state index contributed by atoms with van der Waals surface area (Å²) in [5, 5.41) is 0. The average Bonchev–Trinajstić information content (AvgIpc) is 2.27. The maximum Gasteiger partial charge on any atom is 0.271 e. The van der Waals surface area contributed by atoms with Gasteiger partial charge >= 0.3 is 0 Å². The van der Waals surface area contributed by atoms with Crippen LogP contribution in [0.15, 0.2) is 18.2 Å². The van der Waals surface area contributed by atoms with E-state index in [0.717, 1.165) is 0 Å². The van der Waals surface area contributed by atoms with Crippen LogP contribution in [0, 0.1) is 5.82 Å². The molecule has 0 spiro atoms. The summed E-state index contributed by atoms with van der Waals surface area (Å²) < 4.78 is 44.4. The SMILES string of the molecule is O=S1(=O)Nc2c(F)cccc2OC1CCCCl. The largest absolute Gasteiger partial charge is 0.470 e. The Bertz CT molecular complexity index is 520.